The zero-order valence-corrected chi connectivity index (χ0v) is 16.3. The fourth-order valence-corrected chi connectivity index (χ4v) is 5.17. The maximum absolute atomic E-state index is 13.8. The van der Waals surface area contributed by atoms with Gasteiger partial charge >= 0.3 is 0 Å². The molecule has 1 unspecified atom stereocenters. The molecule has 1 fully saturated rings. The molecule has 0 saturated carbocycles. The van der Waals surface area contributed by atoms with Gasteiger partial charge in [0.05, 0.1) is 4.90 Å². The molecule has 1 aromatic heterocycles. The van der Waals surface area contributed by atoms with Gasteiger partial charge in [-0.15, -0.1) is 0 Å². The van der Waals surface area contributed by atoms with Gasteiger partial charge in [0.1, 0.15) is 11.6 Å². The zero-order valence-electron chi connectivity index (χ0n) is 15.5. The maximum atomic E-state index is 13.8. The molecule has 2 aliphatic heterocycles. The summed E-state index contributed by atoms with van der Waals surface area (Å²) in [4.78, 5) is 11.5. The highest BCUT2D eigenvalue weighted by molar-refractivity contribution is 7.89. The minimum atomic E-state index is -3.75. The standard InChI is InChI=1S/C19H23FN4O2S/c1-13-3-4-16(9-17(13)20)27(25,26)24-8-6-18-15(12-24)10-21-19(22-18)14-5-7-23(2)11-14/h3-4,9-10,14H,5-8,11-12H2,1-2H3. The number of aromatic nitrogens is 2. The number of likely N-dealkylation sites (tertiary alicyclic amines) is 1. The van der Waals surface area contributed by atoms with Crippen molar-refractivity contribution in [3.8, 4) is 0 Å². The number of halogens is 1. The first-order chi connectivity index (χ1) is 12.8. The van der Waals surface area contributed by atoms with Crippen molar-refractivity contribution in [1.29, 1.82) is 0 Å². The lowest BCUT2D eigenvalue weighted by molar-refractivity contribution is 0.384. The third kappa shape index (κ3) is 3.49. The first kappa shape index (κ1) is 18.5. The second-order valence-corrected chi connectivity index (χ2v) is 9.39. The molecule has 2 aliphatic rings. The average Bonchev–Trinajstić information content (AvgIpc) is 3.09. The highest BCUT2D eigenvalue weighted by Gasteiger charge is 2.31. The topological polar surface area (TPSA) is 66.4 Å². The predicted octanol–water partition coefficient (Wildman–Crippen LogP) is 2.09. The van der Waals surface area contributed by atoms with Crippen LogP contribution in [0.3, 0.4) is 0 Å². The van der Waals surface area contributed by atoms with Crippen LogP contribution in [-0.2, 0) is 23.0 Å². The Balaban J connectivity index is 1.56. The molecule has 0 N–H and O–H groups in total. The van der Waals surface area contributed by atoms with Gasteiger partial charge in [-0.3, -0.25) is 0 Å². The molecule has 144 valence electrons. The maximum Gasteiger partial charge on any atom is 0.243 e. The monoisotopic (exact) mass is 390 g/mol. The number of fused-ring (bicyclic) bond motifs is 1. The second kappa shape index (κ2) is 6.92. The van der Waals surface area contributed by atoms with Crippen molar-refractivity contribution in [2.75, 3.05) is 26.7 Å². The first-order valence-electron chi connectivity index (χ1n) is 9.14. The third-order valence-corrected chi connectivity index (χ3v) is 7.30. The normalized spacial score (nSPS) is 21.4. The molecule has 6 nitrogen and oxygen atoms in total. The van der Waals surface area contributed by atoms with Gasteiger partial charge < -0.3 is 4.90 Å². The van der Waals surface area contributed by atoms with E-state index in [-0.39, 0.29) is 11.4 Å². The zero-order chi connectivity index (χ0) is 19.2. The molecule has 0 spiro atoms. The van der Waals surface area contributed by atoms with Crippen molar-refractivity contribution in [1.82, 2.24) is 19.2 Å². The van der Waals surface area contributed by atoms with Crippen LogP contribution in [-0.4, -0.2) is 54.3 Å². The predicted molar refractivity (Wildman–Crippen MR) is 99.3 cm³/mol. The van der Waals surface area contributed by atoms with E-state index in [0.29, 0.717) is 24.4 Å². The molecule has 1 saturated heterocycles. The van der Waals surface area contributed by atoms with Gasteiger partial charge in [-0.1, -0.05) is 6.07 Å². The Morgan fingerprint density at radius 2 is 2.07 bits per heavy atom. The number of nitrogens with zero attached hydrogens (tertiary/aromatic N) is 4. The molecule has 8 heteroatoms. The Kier molecular flexibility index (Phi) is 4.73. The summed E-state index contributed by atoms with van der Waals surface area (Å²) in [6, 6.07) is 4.05. The van der Waals surface area contributed by atoms with Gasteiger partial charge in [0.2, 0.25) is 10.0 Å². The van der Waals surface area contributed by atoms with Crippen LogP contribution in [0.15, 0.2) is 29.3 Å². The van der Waals surface area contributed by atoms with Gasteiger partial charge in [0, 0.05) is 49.4 Å². The quantitative estimate of drug-likeness (QED) is 0.803. The van der Waals surface area contributed by atoms with E-state index < -0.39 is 15.8 Å². The van der Waals surface area contributed by atoms with Gasteiger partial charge in [0.25, 0.3) is 0 Å². The summed E-state index contributed by atoms with van der Waals surface area (Å²) < 4.78 is 41.0. The third-order valence-electron chi connectivity index (χ3n) is 5.46. The van der Waals surface area contributed by atoms with E-state index in [1.54, 1.807) is 13.1 Å². The van der Waals surface area contributed by atoms with Crippen LogP contribution in [0.2, 0.25) is 0 Å². The number of rotatable bonds is 3. The van der Waals surface area contributed by atoms with E-state index in [4.69, 9.17) is 4.98 Å². The van der Waals surface area contributed by atoms with E-state index in [1.807, 2.05) is 0 Å². The number of hydrogen-bond donors (Lipinski definition) is 0. The molecule has 0 bridgehead atoms. The summed E-state index contributed by atoms with van der Waals surface area (Å²) in [6.45, 7) is 4.17. The summed E-state index contributed by atoms with van der Waals surface area (Å²) in [5.41, 5.74) is 2.18. The van der Waals surface area contributed by atoms with Gasteiger partial charge in [-0.2, -0.15) is 4.31 Å². The SMILES string of the molecule is Cc1ccc(S(=O)(=O)N2CCc3nc(C4CCN(C)C4)ncc3C2)cc1F. The minimum absolute atomic E-state index is 0.0134. The molecular formula is C19H23FN4O2S. The lowest BCUT2D eigenvalue weighted by atomic mass is 10.1. The lowest BCUT2D eigenvalue weighted by Crippen LogP contribution is -2.36. The number of hydrogen-bond acceptors (Lipinski definition) is 5. The highest BCUT2D eigenvalue weighted by Crippen LogP contribution is 2.28. The Morgan fingerprint density at radius 3 is 2.78 bits per heavy atom. The van der Waals surface area contributed by atoms with Gasteiger partial charge in [0.15, 0.2) is 0 Å². The van der Waals surface area contributed by atoms with E-state index >= 15 is 0 Å². The number of aryl methyl sites for hydroxylation is 1. The molecule has 0 aliphatic carbocycles. The smallest absolute Gasteiger partial charge is 0.243 e. The van der Waals surface area contributed by atoms with Crippen LogP contribution >= 0.6 is 0 Å². The molecule has 1 atom stereocenters. The van der Waals surface area contributed by atoms with Crippen LogP contribution in [0.25, 0.3) is 0 Å². The van der Waals surface area contributed by atoms with E-state index in [9.17, 15) is 12.8 Å². The summed E-state index contributed by atoms with van der Waals surface area (Å²) in [5.74, 6) is 0.690. The van der Waals surface area contributed by atoms with Crippen LogP contribution in [0.5, 0.6) is 0 Å². The van der Waals surface area contributed by atoms with Crippen molar-refractivity contribution in [3.05, 3.63) is 52.9 Å². The summed E-state index contributed by atoms with van der Waals surface area (Å²) >= 11 is 0. The average molecular weight is 390 g/mol. The van der Waals surface area contributed by atoms with E-state index in [1.165, 1.54) is 16.4 Å². The first-order valence-corrected chi connectivity index (χ1v) is 10.6. The summed E-state index contributed by atoms with van der Waals surface area (Å²) in [5, 5.41) is 0. The van der Waals surface area contributed by atoms with Crippen molar-refractivity contribution in [2.24, 2.45) is 0 Å². The molecule has 0 radical (unpaired) electrons. The fourth-order valence-electron chi connectivity index (χ4n) is 3.74. The number of sulfonamides is 1. The van der Waals surface area contributed by atoms with Crippen molar-refractivity contribution < 1.29 is 12.8 Å². The molecule has 4 rings (SSSR count). The largest absolute Gasteiger partial charge is 0.306 e. The van der Waals surface area contributed by atoms with Crippen molar-refractivity contribution in [2.45, 2.75) is 37.1 Å². The van der Waals surface area contributed by atoms with Crippen LogP contribution in [0.4, 0.5) is 4.39 Å². The second-order valence-electron chi connectivity index (χ2n) is 7.45. The molecular weight excluding hydrogens is 367 g/mol. The summed E-state index contributed by atoms with van der Waals surface area (Å²) in [6.07, 6.45) is 3.35. The highest BCUT2D eigenvalue weighted by atomic mass is 32.2. The number of benzene rings is 1. The molecule has 1 aromatic carbocycles. The Morgan fingerprint density at radius 1 is 1.26 bits per heavy atom. The Hall–Kier alpha value is -1.90. The van der Waals surface area contributed by atoms with Crippen LogP contribution in [0, 0.1) is 12.7 Å². The lowest BCUT2D eigenvalue weighted by Gasteiger charge is -2.28. The fraction of sp³-hybridized carbons (Fsp3) is 0.474. The minimum Gasteiger partial charge on any atom is -0.306 e. The van der Waals surface area contributed by atoms with Gasteiger partial charge in [-0.05, 0) is 44.6 Å². The van der Waals surface area contributed by atoms with Gasteiger partial charge in [-0.25, -0.2) is 22.8 Å². The molecule has 3 heterocycles. The summed E-state index contributed by atoms with van der Waals surface area (Å²) in [7, 11) is -1.65. The Bertz CT molecular complexity index is 980. The van der Waals surface area contributed by atoms with E-state index in [0.717, 1.165) is 42.7 Å². The van der Waals surface area contributed by atoms with Crippen molar-refractivity contribution >= 4 is 10.0 Å². The van der Waals surface area contributed by atoms with Crippen LogP contribution in [0.1, 0.15) is 35.0 Å². The molecule has 0 amide bonds. The van der Waals surface area contributed by atoms with E-state index in [2.05, 4.69) is 16.9 Å². The molecule has 27 heavy (non-hydrogen) atoms. The van der Waals surface area contributed by atoms with Crippen molar-refractivity contribution in [3.63, 3.8) is 0 Å². The number of likely N-dealkylation sites (N-methyl/N-ethyl adjacent to an activating group) is 1. The Labute approximate surface area is 159 Å². The molecule has 2 aromatic rings. The van der Waals surface area contributed by atoms with Crippen LogP contribution < -0.4 is 0 Å².